The van der Waals surface area contributed by atoms with E-state index >= 15 is 0 Å². The minimum atomic E-state index is 0.442. The molecule has 62 valence electrons. The third kappa shape index (κ3) is 1.23. The van der Waals surface area contributed by atoms with E-state index in [0.29, 0.717) is 5.41 Å². The normalized spacial score (nSPS) is 36.1. The molecule has 0 heteroatoms. The minimum Gasteiger partial charge on any atom is -0.0817 e. The SMILES string of the molecule is CC(C)(C)C1=CC2CC(C1)C2. The summed E-state index contributed by atoms with van der Waals surface area (Å²) in [6.45, 7) is 7.01. The first-order valence-corrected chi connectivity index (χ1v) is 4.77. The van der Waals surface area contributed by atoms with Gasteiger partial charge in [-0.05, 0) is 36.5 Å². The van der Waals surface area contributed by atoms with Gasteiger partial charge >= 0.3 is 0 Å². The molecule has 0 atom stereocenters. The molecule has 0 N–H and O–H groups in total. The van der Waals surface area contributed by atoms with Crippen LogP contribution in [0.5, 0.6) is 0 Å². The molecule has 0 nitrogen and oxygen atoms in total. The fourth-order valence-corrected chi connectivity index (χ4v) is 2.31. The third-order valence-corrected chi connectivity index (χ3v) is 3.18. The van der Waals surface area contributed by atoms with Crippen LogP contribution in [0.25, 0.3) is 0 Å². The molecule has 0 radical (unpaired) electrons. The van der Waals surface area contributed by atoms with Gasteiger partial charge in [-0.1, -0.05) is 32.4 Å². The maximum atomic E-state index is 2.54. The van der Waals surface area contributed by atoms with Crippen molar-refractivity contribution < 1.29 is 0 Å². The average molecular weight is 150 g/mol. The van der Waals surface area contributed by atoms with Gasteiger partial charge in [0.15, 0.2) is 0 Å². The van der Waals surface area contributed by atoms with Crippen LogP contribution in [0.3, 0.4) is 0 Å². The number of fused-ring (bicyclic) bond motifs is 1. The Hall–Kier alpha value is -0.260. The van der Waals surface area contributed by atoms with Gasteiger partial charge < -0.3 is 0 Å². The molecule has 0 aromatic heterocycles. The van der Waals surface area contributed by atoms with Gasteiger partial charge in [-0.2, -0.15) is 0 Å². The molecule has 0 amide bonds. The average Bonchev–Trinajstić information content (AvgIpc) is 1.84. The second-order valence-corrected chi connectivity index (χ2v) is 5.24. The lowest BCUT2D eigenvalue weighted by Gasteiger charge is -2.43. The Kier molecular flexibility index (Phi) is 1.42. The fourth-order valence-electron chi connectivity index (χ4n) is 2.31. The molecule has 2 bridgehead atoms. The third-order valence-electron chi connectivity index (χ3n) is 3.18. The van der Waals surface area contributed by atoms with Crippen LogP contribution >= 0.6 is 0 Å². The first-order valence-electron chi connectivity index (χ1n) is 4.77. The summed E-state index contributed by atoms with van der Waals surface area (Å²) < 4.78 is 0. The summed E-state index contributed by atoms with van der Waals surface area (Å²) in [5.74, 6) is 2.02. The molecule has 0 saturated heterocycles. The van der Waals surface area contributed by atoms with Gasteiger partial charge in [0.1, 0.15) is 0 Å². The zero-order valence-electron chi connectivity index (χ0n) is 7.85. The van der Waals surface area contributed by atoms with E-state index < -0.39 is 0 Å². The predicted octanol–water partition coefficient (Wildman–Crippen LogP) is 3.39. The molecule has 11 heavy (non-hydrogen) atoms. The van der Waals surface area contributed by atoms with E-state index in [1.54, 1.807) is 5.57 Å². The lowest BCUT2D eigenvalue weighted by molar-refractivity contribution is 0.199. The second kappa shape index (κ2) is 2.12. The molecule has 3 aliphatic carbocycles. The maximum Gasteiger partial charge on any atom is -0.0173 e. The molecule has 0 heterocycles. The molecule has 0 aromatic carbocycles. The predicted molar refractivity (Wildman–Crippen MR) is 48.4 cm³/mol. The molecule has 3 rings (SSSR count). The number of hydrogen-bond donors (Lipinski definition) is 0. The quantitative estimate of drug-likeness (QED) is 0.464. The maximum absolute atomic E-state index is 2.54. The van der Waals surface area contributed by atoms with Gasteiger partial charge in [-0.25, -0.2) is 0 Å². The van der Waals surface area contributed by atoms with Crippen LogP contribution in [0.2, 0.25) is 0 Å². The first kappa shape index (κ1) is 7.39. The van der Waals surface area contributed by atoms with Gasteiger partial charge in [0.05, 0.1) is 0 Å². The summed E-state index contributed by atoms with van der Waals surface area (Å²) in [5.41, 5.74) is 2.15. The Morgan fingerprint density at radius 3 is 2.18 bits per heavy atom. The van der Waals surface area contributed by atoms with Crippen LogP contribution in [0, 0.1) is 17.3 Å². The summed E-state index contributed by atoms with van der Waals surface area (Å²) in [6, 6.07) is 0. The smallest absolute Gasteiger partial charge is 0.0173 e. The largest absolute Gasteiger partial charge is 0.0817 e. The van der Waals surface area contributed by atoms with Crippen LogP contribution in [-0.2, 0) is 0 Å². The molecule has 0 aliphatic heterocycles. The molecule has 0 unspecified atom stereocenters. The molecule has 1 saturated carbocycles. The monoisotopic (exact) mass is 150 g/mol. The number of hydrogen-bond acceptors (Lipinski definition) is 0. The first-order chi connectivity index (χ1) is 5.05. The lowest BCUT2D eigenvalue weighted by Crippen LogP contribution is -2.30. The van der Waals surface area contributed by atoms with E-state index in [2.05, 4.69) is 26.8 Å². The Balaban J connectivity index is 2.16. The van der Waals surface area contributed by atoms with E-state index in [-0.39, 0.29) is 0 Å². The number of allylic oxidation sites excluding steroid dienone is 2. The standard InChI is InChI=1S/C11H18/c1-11(2,3)10-6-8-4-9(5-8)7-10/h6,8-9H,4-5,7H2,1-3H3. The van der Waals surface area contributed by atoms with Crippen molar-refractivity contribution in [1.82, 2.24) is 0 Å². The van der Waals surface area contributed by atoms with E-state index in [4.69, 9.17) is 0 Å². The Labute approximate surface area is 69.7 Å². The van der Waals surface area contributed by atoms with Crippen molar-refractivity contribution in [3.63, 3.8) is 0 Å². The summed E-state index contributed by atoms with van der Waals surface area (Å²) in [6.07, 6.45) is 6.90. The van der Waals surface area contributed by atoms with Crippen LogP contribution in [-0.4, -0.2) is 0 Å². The van der Waals surface area contributed by atoms with E-state index in [9.17, 15) is 0 Å². The topological polar surface area (TPSA) is 0 Å². The van der Waals surface area contributed by atoms with E-state index in [1.807, 2.05) is 0 Å². The summed E-state index contributed by atoms with van der Waals surface area (Å²) in [4.78, 5) is 0. The number of rotatable bonds is 0. The van der Waals surface area contributed by atoms with Crippen molar-refractivity contribution in [2.75, 3.05) is 0 Å². The summed E-state index contributed by atoms with van der Waals surface area (Å²) >= 11 is 0. The Morgan fingerprint density at radius 1 is 1.27 bits per heavy atom. The summed E-state index contributed by atoms with van der Waals surface area (Å²) in [5, 5.41) is 0. The molecule has 0 spiro atoms. The highest BCUT2D eigenvalue weighted by Crippen LogP contribution is 2.48. The fraction of sp³-hybridized carbons (Fsp3) is 0.818. The molecule has 3 aliphatic rings. The zero-order chi connectivity index (χ0) is 8.06. The highest BCUT2D eigenvalue weighted by atomic mass is 14.4. The molecular formula is C11H18. The van der Waals surface area contributed by atoms with Crippen molar-refractivity contribution in [3.8, 4) is 0 Å². The second-order valence-electron chi connectivity index (χ2n) is 5.24. The van der Waals surface area contributed by atoms with Crippen molar-refractivity contribution in [2.45, 2.75) is 40.0 Å². The van der Waals surface area contributed by atoms with E-state index in [0.717, 1.165) is 11.8 Å². The minimum absolute atomic E-state index is 0.442. The molecule has 1 fully saturated rings. The van der Waals surface area contributed by atoms with Gasteiger partial charge in [0.2, 0.25) is 0 Å². The molecule has 0 aromatic rings. The van der Waals surface area contributed by atoms with Gasteiger partial charge in [-0.3, -0.25) is 0 Å². The highest BCUT2D eigenvalue weighted by molar-refractivity contribution is 5.20. The van der Waals surface area contributed by atoms with E-state index in [1.165, 1.54) is 19.3 Å². The molecular weight excluding hydrogens is 132 g/mol. The zero-order valence-corrected chi connectivity index (χ0v) is 7.85. The van der Waals surface area contributed by atoms with Gasteiger partial charge in [-0.15, -0.1) is 0 Å². The lowest BCUT2D eigenvalue weighted by atomic mass is 9.62. The van der Waals surface area contributed by atoms with Crippen LogP contribution in [0.1, 0.15) is 40.0 Å². The van der Waals surface area contributed by atoms with Crippen molar-refractivity contribution in [3.05, 3.63) is 11.6 Å². The van der Waals surface area contributed by atoms with Crippen LogP contribution in [0.15, 0.2) is 11.6 Å². The van der Waals surface area contributed by atoms with Gasteiger partial charge in [0.25, 0.3) is 0 Å². The van der Waals surface area contributed by atoms with Crippen molar-refractivity contribution in [2.24, 2.45) is 17.3 Å². The van der Waals surface area contributed by atoms with Gasteiger partial charge in [0, 0.05) is 0 Å². The van der Waals surface area contributed by atoms with Crippen molar-refractivity contribution >= 4 is 0 Å². The van der Waals surface area contributed by atoms with Crippen LogP contribution < -0.4 is 0 Å². The highest BCUT2D eigenvalue weighted by Gasteiger charge is 2.35. The Morgan fingerprint density at radius 2 is 1.91 bits per heavy atom. The Bertz CT molecular complexity index is 187. The van der Waals surface area contributed by atoms with Crippen LogP contribution in [0.4, 0.5) is 0 Å². The van der Waals surface area contributed by atoms with Crippen molar-refractivity contribution in [1.29, 1.82) is 0 Å². The summed E-state index contributed by atoms with van der Waals surface area (Å²) in [7, 11) is 0.